The Balaban J connectivity index is 0.00000300. The van der Waals surface area contributed by atoms with Gasteiger partial charge in [-0.25, -0.2) is 0 Å². The second-order valence-electron chi connectivity index (χ2n) is 7.72. The molecule has 0 atom stereocenters. The molecule has 29 heavy (non-hydrogen) atoms. The molecule has 0 aliphatic carbocycles. The number of phenols is 1. The summed E-state index contributed by atoms with van der Waals surface area (Å²) in [4.78, 5) is 25.3. The summed E-state index contributed by atoms with van der Waals surface area (Å²) in [7, 11) is 6.14. The molecule has 3 aromatic rings. The molecular formula is C22H24ClNO5. The SMILES string of the molecule is C[N+](C)(C)CCCC(=O)Oc1c(-c2ccc(O)cc2)oc2ccccc2c1=O.[Cl-]. The highest BCUT2D eigenvalue weighted by molar-refractivity contribution is 5.84. The second kappa shape index (κ2) is 9.11. The van der Waals surface area contributed by atoms with E-state index in [2.05, 4.69) is 0 Å². The highest BCUT2D eigenvalue weighted by Crippen LogP contribution is 2.32. The van der Waals surface area contributed by atoms with Gasteiger partial charge in [0.15, 0.2) is 5.76 Å². The van der Waals surface area contributed by atoms with Gasteiger partial charge in [0.05, 0.1) is 39.5 Å². The van der Waals surface area contributed by atoms with E-state index in [9.17, 15) is 14.7 Å². The number of ether oxygens (including phenoxy) is 1. The van der Waals surface area contributed by atoms with E-state index >= 15 is 0 Å². The Morgan fingerprint density at radius 3 is 2.38 bits per heavy atom. The first-order valence-electron chi connectivity index (χ1n) is 9.11. The molecule has 0 spiro atoms. The average molecular weight is 418 g/mol. The van der Waals surface area contributed by atoms with Crippen molar-refractivity contribution in [1.82, 2.24) is 0 Å². The van der Waals surface area contributed by atoms with Crippen molar-refractivity contribution in [2.24, 2.45) is 0 Å². The third-order valence-corrected chi connectivity index (χ3v) is 4.31. The van der Waals surface area contributed by atoms with Gasteiger partial charge in [-0.1, -0.05) is 12.1 Å². The van der Waals surface area contributed by atoms with E-state index in [1.165, 1.54) is 12.1 Å². The number of carbonyl (C=O) groups is 1. The molecule has 0 aliphatic rings. The number of quaternary nitrogens is 1. The zero-order valence-electron chi connectivity index (χ0n) is 16.6. The van der Waals surface area contributed by atoms with Gasteiger partial charge in [0.1, 0.15) is 11.3 Å². The third-order valence-electron chi connectivity index (χ3n) is 4.31. The minimum atomic E-state index is -0.476. The average Bonchev–Trinajstić information content (AvgIpc) is 2.63. The molecule has 1 N–H and O–H groups in total. The summed E-state index contributed by atoms with van der Waals surface area (Å²) < 4.78 is 12.1. The van der Waals surface area contributed by atoms with Crippen molar-refractivity contribution < 1.29 is 35.9 Å². The number of benzene rings is 2. The molecule has 0 radical (unpaired) electrons. The molecule has 7 heteroatoms. The fourth-order valence-corrected chi connectivity index (χ4v) is 2.88. The van der Waals surface area contributed by atoms with E-state index in [1.807, 2.05) is 21.1 Å². The minimum absolute atomic E-state index is 0. The van der Waals surface area contributed by atoms with Crippen molar-refractivity contribution in [1.29, 1.82) is 0 Å². The largest absolute Gasteiger partial charge is 1.00 e. The predicted molar refractivity (Wildman–Crippen MR) is 107 cm³/mol. The minimum Gasteiger partial charge on any atom is -1.00 e. The molecule has 0 aliphatic heterocycles. The molecular weight excluding hydrogens is 394 g/mol. The Morgan fingerprint density at radius 2 is 1.72 bits per heavy atom. The van der Waals surface area contributed by atoms with E-state index in [4.69, 9.17) is 9.15 Å². The van der Waals surface area contributed by atoms with Crippen molar-refractivity contribution in [3.05, 3.63) is 58.8 Å². The summed E-state index contributed by atoms with van der Waals surface area (Å²) >= 11 is 0. The quantitative estimate of drug-likeness (QED) is 0.468. The maximum Gasteiger partial charge on any atom is 0.311 e. The number of hydrogen-bond donors (Lipinski definition) is 1. The number of esters is 1. The Bertz CT molecular complexity index is 1050. The number of aromatic hydroxyl groups is 1. The second-order valence-corrected chi connectivity index (χ2v) is 7.72. The van der Waals surface area contributed by atoms with Crippen LogP contribution in [-0.4, -0.2) is 43.2 Å². The van der Waals surface area contributed by atoms with Crippen LogP contribution in [0, 0.1) is 0 Å². The van der Waals surface area contributed by atoms with E-state index in [-0.39, 0.29) is 36.1 Å². The van der Waals surface area contributed by atoms with Gasteiger partial charge in [-0.15, -0.1) is 0 Å². The zero-order chi connectivity index (χ0) is 20.3. The van der Waals surface area contributed by atoms with Gasteiger partial charge < -0.3 is 31.2 Å². The highest BCUT2D eigenvalue weighted by Gasteiger charge is 2.21. The topological polar surface area (TPSA) is 76.7 Å². The van der Waals surface area contributed by atoms with Crippen molar-refractivity contribution in [2.45, 2.75) is 12.8 Å². The van der Waals surface area contributed by atoms with Crippen LogP contribution in [0.4, 0.5) is 0 Å². The third kappa shape index (κ3) is 5.59. The van der Waals surface area contributed by atoms with Crippen molar-refractivity contribution in [2.75, 3.05) is 27.7 Å². The molecule has 2 aromatic carbocycles. The summed E-state index contributed by atoms with van der Waals surface area (Å²) in [6.07, 6.45) is 0.854. The van der Waals surface area contributed by atoms with Crippen LogP contribution in [0.3, 0.4) is 0 Å². The Hall–Kier alpha value is -2.83. The number of hydrogen-bond acceptors (Lipinski definition) is 5. The van der Waals surface area contributed by atoms with Gasteiger partial charge in [-0.05, 0) is 36.4 Å². The first-order chi connectivity index (χ1) is 13.2. The van der Waals surface area contributed by atoms with E-state index in [0.717, 1.165) is 11.0 Å². The maximum atomic E-state index is 13.0. The van der Waals surface area contributed by atoms with Crippen LogP contribution in [0.25, 0.3) is 22.3 Å². The molecule has 0 saturated carbocycles. The number of nitrogens with zero attached hydrogens (tertiary/aromatic N) is 1. The van der Waals surface area contributed by atoms with Crippen LogP contribution in [0.2, 0.25) is 0 Å². The lowest BCUT2D eigenvalue weighted by Gasteiger charge is -2.23. The van der Waals surface area contributed by atoms with Gasteiger partial charge in [-0.3, -0.25) is 9.59 Å². The number of halogens is 1. The lowest BCUT2D eigenvalue weighted by Crippen LogP contribution is -3.00. The van der Waals surface area contributed by atoms with Crippen LogP contribution < -0.4 is 22.6 Å². The lowest BCUT2D eigenvalue weighted by atomic mass is 10.1. The molecule has 0 amide bonds. The zero-order valence-corrected chi connectivity index (χ0v) is 17.4. The normalized spacial score (nSPS) is 11.1. The molecule has 154 valence electrons. The summed E-state index contributed by atoms with van der Waals surface area (Å²) in [5.74, 6) is -0.343. The molecule has 3 rings (SSSR count). The van der Waals surface area contributed by atoms with Crippen LogP contribution in [0.1, 0.15) is 12.8 Å². The van der Waals surface area contributed by atoms with Gasteiger partial charge in [0.25, 0.3) is 0 Å². The Kier molecular flexibility index (Phi) is 7.06. The van der Waals surface area contributed by atoms with Crippen molar-refractivity contribution in [3.63, 3.8) is 0 Å². The van der Waals surface area contributed by atoms with Crippen LogP contribution >= 0.6 is 0 Å². The van der Waals surface area contributed by atoms with E-state index < -0.39 is 11.4 Å². The number of carbonyl (C=O) groups excluding carboxylic acids is 1. The highest BCUT2D eigenvalue weighted by atomic mass is 35.5. The predicted octanol–water partition coefficient (Wildman–Crippen LogP) is 0.561. The Morgan fingerprint density at radius 1 is 1.07 bits per heavy atom. The number of para-hydroxylation sites is 1. The smallest absolute Gasteiger partial charge is 0.311 e. The molecule has 0 unspecified atom stereocenters. The van der Waals surface area contributed by atoms with Crippen molar-refractivity contribution >= 4 is 16.9 Å². The molecule has 1 heterocycles. The van der Waals surface area contributed by atoms with E-state index in [1.54, 1.807) is 36.4 Å². The fourth-order valence-electron chi connectivity index (χ4n) is 2.88. The van der Waals surface area contributed by atoms with Gasteiger partial charge in [0.2, 0.25) is 11.2 Å². The monoisotopic (exact) mass is 417 g/mol. The number of phenolic OH excluding ortho intramolecular Hbond substituents is 1. The first-order valence-corrected chi connectivity index (χ1v) is 9.11. The number of rotatable bonds is 6. The molecule has 6 nitrogen and oxygen atoms in total. The molecule has 0 bridgehead atoms. The maximum absolute atomic E-state index is 13.0. The first kappa shape index (κ1) is 22.5. The molecule has 0 fully saturated rings. The van der Waals surface area contributed by atoms with Crippen molar-refractivity contribution in [3.8, 4) is 22.8 Å². The number of fused-ring (bicyclic) bond motifs is 1. The van der Waals surface area contributed by atoms with E-state index in [0.29, 0.717) is 23.0 Å². The summed E-state index contributed by atoms with van der Waals surface area (Å²) in [6.45, 7) is 0.812. The Labute approximate surface area is 175 Å². The standard InChI is InChI=1S/C22H23NO5.ClH/c1-23(2,3)14-6-9-19(25)28-22-20(26)17-7-4-5-8-18(17)27-21(22)15-10-12-16(24)13-11-15;/h4-5,7-8,10-13H,6,9,14H2,1-3H3;1H. The van der Waals surface area contributed by atoms with Crippen LogP contribution in [0.15, 0.2) is 57.7 Å². The molecule has 0 saturated heterocycles. The molecule has 1 aromatic heterocycles. The van der Waals surface area contributed by atoms with Crippen LogP contribution in [-0.2, 0) is 4.79 Å². The summed E-state index contributed by atoms with van der Waals surface area (Å²) in [6, 6.07) is 13.0. The van der Waals surface area contributed by atoms with Gasteiger partial charge in [-0.2, -0.15) is 0 Å². The fraction of sp³-hybridized carbons (Fsp3) is 0.273. The summed E-state index contributed by atoms with van der Waals surface area (Å²) in [5, 5.41) is 9.87. The van der Waals surface area contributed by atoms with Gasteiger partial charge >= 0.3 is 5.97 Å². The lowest BCUT2D eigenvalue weighted by molar-refractivity contribution is -0.870. The van der Waals surface area contributed by atoms with Crippen LogP contribution in [0.5, 0.6) is 11.5 Å². The summed E-state index contributed by atoms with van der Waals surface area (Å²) in [5.41, 5.74) is 0.542. The van der Waals surface area contributed by atoms with Gasteiger partial charge in [0, 0.05) is 12.0 Å².